The summed E-state index contributed by atoms with van der Waals surface area (Å²) in [6.45, 7) is 4.46. The Morgan fingerprint density at radius 3 is 2.60 bits per heavy atom. The fraction of sp³-hybridized carbons (Fsp3) is 0.889. The van der Waals surface area contributed by atoms with Gasteiger partial charge in [-0.25, -0.2) is 0 Å². The molecular weight excluding hydrogens is 122 g/mol. The highest BCUT2D eigenvalue weighted by Gasteiger charge is 2.33. The van der Waals surface area contributed by atoms with E-state index >= 15 is 0 Å². The van der Waals surface area contributed by atoms with Gasteiger partial charge in [-0.05, 0) is 24.7 Å². The smallest absolute Gasteiger partial charge is 0.0658 e. The Bertz CT molecular complexity index is 145. The van der Waals surface area contributed by atoms with Crippen molar-refractivity contribution in [3.8, 4) is 6.07 Å². The summed E-state index contributed by atoms with van der Waals surface area (Å²) in [5, 5.41) is 8.65. The maximum atomic E-state index is 8.65. The Hall–Kier alpha value is -0.510. The highest BCUT2D eigenvalue weighted by molar-refractivity contribution is 4.96. The molecule has 1 saturated carbocycles. The Kier molecular flexibility index (Phi) is 2.32. The first-order valence-corrected chi connectivity index (χ1v) is 4.19. The van der Waals surface area contributed by atoms with E-state index in [1.807, 2.05) is 0 Å². The largest absolute Gasteiger partial charge is 0.198 e. The highest BCUT2D eigenvalue weighted by atomic mass is 14.4. The molecule has 1 aliphatic rings. The van der Waals surface area contributed by atoms with Gasteiger partial charge in [-0.15, -0.1) is 0 Å². The van der Waals surface area contributed by atoms with E-state index in [4.69, 9.17) is 5.26 Å². The monoisotopic (exact) mass is 137 g/mol. The predicted molar refractivity (Wildman–Crippen MR) is 41.3 cm³/mol. The van der Waals surface area contributed by atoms with Gasteiger partial charge >= 0.3 is 0 Å². The molecule has 0 aromatic carbocycles. The molecule has 10 heavy (non-hydrogen) atoms. The minimum atomic E-state index is 0.384. The number of hydrogen-bond donors (Lipinski definition) is 0. The molecule has 0 aromatic heterocycles. The molecule has 0 radical (unpaired) electrons. The summed E-state index contributed by atoms with van der Waals surface area (Å²) < 4.78 is 0. The summed E-state index contributed by atoms with van der Waals surface area (Å²) in [6, 6.07) is 2.37. The van der Waals surface area contributed by atoms with Gasteiger partial charge in [-0.3, -0.25) is 0 Å². The lowest BCUT2D eigenvalue weighted by Crippen LogP contribution is -2.29. The lowest BCUT2D eigenvalue weighted by atomic mass is 9.67. The molecule has 0 N–H and O–H groups in total. The minimum Gasteiger partial charge on any atom is -0.198 e. The molecule has 3 unspecified atom stereocenters. The van der Waals surface area contributed by atoms with Crippen LogP contribution >= 0.6 is 0 Å². The second-order valence-electron chi connectivity index (χ2n) is 3.36. The van der Waals surface area contributed by atoms with Crippen LogP contribution in [0.15, 0.2) is 0 Å². The Morgan fingerprint density at radius 1 is 1.60 bits per heavy atom. The molecule has 1 aliphatic carbocycles. The summed E-state index contributed by atoms with van der Waals surface area (Å²) in [4.78, 5) is 0. The van der Waals surface area contributed by atoms with E-state index < -0.39 is 0 Å². The topological polar surface area (TPSA) is 23.8 Å². The maximum absolute atomic E-state index is 8.65. The minimum absolute atomic E-state index is 0.384. The SMILES string of the molecule is CCC(C)C1CCC1C#N. The lowest BCUT2D eigenvalue weighted by Gasteiger charge is -2.35. The molecule has 0 aromatic rings. The van der Waals surface area contributed by atoms with Gasteiger partial charge in [0.2, 0.25) is 0 Å². The standard InChI is InChI=1S/C9H15N/c1-3-7(2)9-5-4-8(9)6-10/h7-9H,3-5H2,1-2H3. The molecule has 1 fully saturated rings. The van der Waals surface area contributed by atoms with Crippen molar-refractivity contribution >= 4 is 0 Å². The van der Waals surface area contributed by atoms with Crippen LogP contribution in [0.3, 0.4) is 0 Å². The summed E-state index contributed by atoms with van der Waals surface area (Å²) >= 11 is 0. The van der Waals surface area contributed by atoms with Gasteiger partial charge in [0.25, 0.3) is 0 Å². The molecule has 0 saturated heterocycles. The molecule has 1 rings (SSSR count). The molecule has 0 bridgehead atoms. The molecule has 1 nitrogen and oxygen atoms in total. The van der Waals surface area contributed by atoms with E-state index in [-0.39, 0.29) is 0 Å². The number of nitriles is 1. The number of hydrogen-bond acceptors (Lipinski definition) is 1. The molecular formula is C9H15N. The van der Waals surface area contributed by atoms with Crippen molar-refractivity contribution in [1.82, 2.24) is 0 Å². The summed E-state index contributed by atoms with van der Waals surface area (Å²) in [5.74, 6) is 1.86. The first-order valence-electron chi connectivity index (χ1n) is 4.19. The average molecular weight is 137 g/mol. The van der Waals surface area contributed by atoms with Crippen LogP contribution in [0, 0.1) is 29.1 Å². The molecule has 0 spiro atoms. The van der Waals surface area contributed by atoms with Gasteiger partial charge in [0.15, 0.2) is 0 Å². The first kappa shape index (κ1) is 7.60. The van der Waals surface area contributed by atoms with Crippen molar-refractivity contribution in [2.24, 2.45) is 17.8 Å². The zero-order valence-corrected chi connectivity index (χ0v) is 6.80. The van der Waals surface area contributed by atoms with Crippen LogP contribution in [0.1, 0.15) is 33.1 Å². The van der Waals surface area contributed by atoms with Crippen molar-refractivity contribution in [3.63, 3.8) is 0 Å². The van der Waals surface area contributed by atoms with E-state index in [1.165, 1.54) is 12.8 Å². The second kappa shape index (κ2) is 3.05. The lowest BCUT2D eigenvalue weighted by molar-refractivity contribution is 0.155. The summed E-state index contributed by atoms with van der Waals surface area (Å²) in [6.07, 6.45) is 3.65. The Labute approximate surface area is 63.0 Å². The zero-order valence-electron chi connectivity index (χ0n) is 6.80. The van der Waals surface area contributed by atoms with Crippen LogP contribution < -0.4 is 0 Å². The Morgan fingerprint density at radius 2 is 2.30 bits per heavy atom. The average Bonchev–Trinajstić information content (AvgIpc) is 1.86. The molecule has 0 heterocycles. The van der Waals surface area contributed by atoms with Crippen molar-refractivity contribution < 1.29 is 0 Å². The Balaban J connectivity index is 2.37. The molecule has 3 atom stereocenters. The molecule has 0 aliphatic heterocycles. The third-order valence-corrected chi connectivity index (χ3v) is 2.87. The predicted octanol–water partition coefficient (Wildman–Crippen LogP) is 2.58. The third-order valence-electron chi connectivity index (χ3n) is 2.87. The van der Waals surface area contributed by atoms with E-state index in [0.717, 1.165) is 18.3 Å². The normalized spacial score (nSPS) is 34.1. The van der Waals surface area contributed by atoms with Crippen LogP contribution in [0.25, 0.3) is 0 Å². The van der Waals surface area contributed by atoms with Crippen molar-refractivity contribution in [3.05, 3.63) is 0 Å². The third kappa shape index (κ3) is 1.16. The van der Waals surface area contributed by atoms with Crippen LogP contribution in [0.2, 0.25) is 0 Å². The van der Waals surface area contributed by atoms with Crippen LogP contribution in [-0.2, 0) is 0 Å². The van der Waals surface area contributed by atoms with Crippen LogP contribution in [-0.4, -0.2) is 0 Å². The van der Waals surface area contributed by atoms with Gasteiger partial charge in [-0.1, -0.05) is 20.3 Å². The quantitative estimate of drug-likeness (QED) is 0.574. The number of nitrogens with zero attached hydrogens (tertiary/aromatic N) is 1. The van der Waals surface area contributed by atoms with E-state index in [2.05, 4.69) is 19.9 Å². The zero-order chi connectivity index (χ0) is 7.56. The molecule has 1 heteroatoms. The van der Waals surface area contributed by atoms with Gasteiger partial charge in [0, 0.05) is 5.92 Å². The van der Waals surface area contributed by atoms with E-state index in [9.17, 15) is 0 Å². The van der Waals surface area contributed by atoms with Crippen molar-refractivity contribution in [2.75, 3.05) is 0 Å². The van der Waals surface area contributed by atoms with E-state index in [1.54, 1.807) is 0 Å². The van der Waals surface area contributed by atoms with Gasteiger partial charge in [0.1, 0.15) is 0 Å². The summed E-state index contributed by atoms with van der Waals surface area (Å²) in [7, 11) is 0. The van der Waals surface area contributed by atoms with Crippen LogP contribution in [0.4, 0.5) is 0 Å². The molecule has 56 valence electrons. The van der Waals surface area contributed by atoms with Gasteiger partial charge in [-0.2, -0.15) is 5.26 Å². The second-order valence-corrected chi connectivity index (χ2v) is 3.36. The molecule has 0 amide bonds. The van der Waals surface area contributed by atoms with Gasteiger partial charge < -0.3 is 0 Å². The van der Waals surface area contributed by atoms with Crippen molar-refractivity contribution in [2.45, 2.75) is 33.1 Å². The fourth-order valence-electron chi connectivity index (χ4n) is 1.67. The highest BCUT2D eigenvalue weighted by Crippen LogP contribution is 2.40. The maximum Gasteiger partial charge on any atom is 0.0658 e. The van der Waals surface area contributed by atoms with E-state index in [0.29, 0.717) is 5.92 Å². The van der Waals surface area contributed by atoms with Gasteiger partial charge in [0.05, 0.1) is 6.07 Å². The first-order chi connectivity index (χ1) is 4.79. The fourth-order valence-corrected chi connectivity index (χ4v) is 1.67. The number of rotatable bonds is 2. The van der Waals surface area contributed by atoms with Crippen LogP contribution in [0.5, 0.6) is 0 Å². The summed E-state index contributed by atoms with van der Waals surface area (Å²) in [5.41, 5.74) is 0. The van der Waals surface area contributed by atoms with Crippen molar-refractivity contribution in [1.29, 1.82) is 5.26 Å².